The van der Waals surface area contributed by atoms with Crippen LogP contribution in [0.5, 0.6) is 0 Å². The maximum Gasteiger partial charge on any atom is 0.241 e. The number of amides is 1. The van der Waals surface area contributed by atoms with Crippen LogP contribution in [0, 0.1) is 0 Å². The summed E-state index contributed by atoms with van der Waals surface area (Å²) in [6, 6.07) is 3.92. The highest BCUT2D eigenvalue weighted by atomic mass is 35.5. The molecule has 0 saturated heterocycles. The van der Waals surface area contributed by atoms with E-state index < -0.39 is 15.9 Å². The Hall–Kier alpha value is -0.860. The zero-order chi connectivity index (χ0) is 15.9. The third-order valence-electron chi connectivity index (χ3n) is 2.47. The monoisotopic (exact) mass is 354 g/mol. The number of halogens is 2. The van der Waals surface area contributed by atoms with Crippen LogP contribution in [0.2, 0.25) is 10.0 Å². The molecule has 0 aliphatic heterocycles. The third-order valence-corrected chi connectivity index (χ3v) is 4.61. The van der Waals surface area contributed by atoms with Crippen LogP contribution in [0.4, 0.5) is 0 Å². The molecule has 0 spiro atoms. The summed E-state index contributed by atoms with van der Waals surface area (Å²) in [5.74, 6) is -0.422. The van der Waals surface area contributed by atoms with E-state index in [0.717, 1.165) is 0 Å². The molecule has 0 saturated carbocycles. The highest BCUT2D eigenvalue weighted by molar-refractivity contribution is 7.89. The molecule has 0 aliphatic carbocycles. The van der Waals surface area contributed by atoms with Crippen molar-refractivity contribution in [2.45, 2.75) is 11.3 Å². The Morgan fingerprint density at radius 2 is 2.00 bits per heavy atom. The van der Waals surface area contributed by atoms with Crippen LogP contribution >= 0.6 is 23.2 Å². The molecule has 1 aromatic carbocycles. The van der Waals surface area contributed by atoms with E-state index in [4.69, 9.17) is 27.9 Å². The number of hydrogen-bond donors (Lipinski definition) is 2. The summed E-state index contributed by atoms with van der Waals surface area (Å²) in [4.78, 5) is 11.4. The van der Waals surface area contributed by atoms with Crippen LogP contribution in [-0.4, -0.2) is 41.1 Å². The number of methoxy groups -OCH3 is 1. The number of carbonyl (C=O) groups is 1. The van der Waals surface area contributed by atoms with Gasteiger partial charge in [0.25, 0.3) is 0 Å². The fourth-order valence-corrected chi connectivity index (χ4v) is 2.77. The first-order valence-electron chi connectivity index (χ1n) is 6.07. The Bertz CT molecular complexity index is 593. The Morgan fingerprint density at radius 3 is 2.62 bits per heavy atom. The van der Waals surface area contributed by atoms with Gasteiger partial charge < -0.3 is 10.1 Å². The van der Waals surface area contributed by atoms with E-state index in [1.54, 1.807) is 7.11 Å². The minimum Gasteiger partial charge on any atom is -0.385 e. The molecule has 1 rings (SSSR count). The number of sulfonamides is 1. The molecule has 0 radical (unpaired) electrons. The van der Waals surface area contributed by atoms with Crippen molar-refractivity contribution in [2.75, 3.05) is 26.8 Å². The van der Waals surface area contributed by atoms with Crippen molar-refractivity contribution in [3.8, 4) is 0 Å². The lowest BCUT2D eigenvalue weighted by atomic mass is 10.4. The van der Waals surface area contributed by atoms with Crippen LogP contribution in [0.25, 0.3) is 0 Å². The van der Waals surface area contributed by atoms with Crippen molar-refractivity contribution in [2.24, 2.45) is 0 Å². The number of hydrogen-bond acceptors (Lipinski definition) is 4. The smallest absolute Gasteiger partial charge is 0.241 e. The first kappa shape index (κ1) is 18.2. The lowest BCUT2D eigenvalue weighted by molar-refractivity contribution is -0.120. The standard InChI is InChI=1S/C12H16Cl2N2O4S/c1-20-6-2-5-15-12(17)8-16-21(18,19)9-3-4-10(13)11(14)7-9/h3-4,7,16H,2,5-6,8H2,1H3,(H,15,17). The van der Waals surface area contributed by atoms with Gasteiger partial charge in [-0.1, -0.05) is 23.2 Å². The average molecular weight is 355 g/mol. The van der Waals surface area contributed by atoms with Gasteiger partial charge in [-0.25, -0.2) is 13.1 Å². The summed E-state index contributed by atoms with van der Waals surface area (Å²) >= 11 is 11.5. The molecule has 1 aromatic rings. The second kappa shape index (κ2) is 8.55. The SMILES string of the molecule is COCCCNC(=O)CNS(=O)(=O)c1ccc(Cl)c(Cl)c1. The lowest BCUT2D eigenvalue weighted by Gasteiger charge is -2.08. The van der Waals surface area contributed by atoms with Gasteiger partial charge in [0.15, 0.2) is 0 Å². The van der Waals surface area contributed by atoms with Crippen molar-refractivity contribution in [3.63, 3.8) is 0 Å². The molecule has 9 heteroatoms. The number of rotatable bonds is 8. The molecule has 0 bridgehead atoms. The maximum atomic E-state index is 12.0. The van der Waals surface area contributed by atoms with Gasteiger partial charge in [-0.2, -0.15) is 0 Å². The molecule has 0 unspecified atom stereocenters. The first-order chi connectivity index (χ1) is 9.86. The van der Waals surface area contributed by atoms with E-state index in [1.807, 2.05) is 0 Å². The fraction of sp³-hybridized carbons (Fsp3) is 0.417. The largest absolute Gasteiger partial charge is 0.385 e. The van der Waals surface area contributed by atoms with E-state index in [2.05, 4.69) is 10.0 Å². The second-order valence-corrected chi connectivity index (χ2v) is 6.68. The second-order valence-electron chi connectivity index (χ2n) is 4.10. The molecule has 0 heterocycles. The highest BCUT2D eigenvalue weighted by Gasteiger charge is 2.16. The van der Waals surface area contributed by atoms with Gasteiger partial charge in [0.05, 0.1) is 21.5 Å². The maximum absolute atomic E-state index is 12.0. The number of carbonyl (C=O) groups excluding carboxylic acids is 1. The summed E-state index contributed by atoms with van der Waals surface area (Å²) in [6.07, 6.45) is 0.655. The molecular weight excluding hydrogens is 339 g/mol. The molecule has 21 heavy (non-hydrogen) atoms. The Kier molecular flexibility index (Phi) is 7.41. The molecule has 0 fully saturated rings. The number of ether oxygens (including phenoxy) is 1. The van der Waals surface area contributed by atoms with E-state index in [-0.39, 0.29) is 21.5 Å². The quantitative estimate of drug-likeness (QED) is 0.691. The van der Waals surface area contributed by atoms with E-state index in [1.165, 1.54) is 18.2 Å². The Morgan fingerprint density at radius 1 is 1.29 bits per heavy atom. The molecule has 1 amide bonds. The third kappa shape index (κ3) is 6.19. The topological polar surface area (TPSA) is 84.5 Å². The normalized spacial score (nSPS) is 11.4. The van der Waals surface area contributed by atoms with Crippen LogP contribution in [0.1, 0.15) is 6.42 Å². The van der Waals surface area contributed by atoms with E-state index in [9.17, 15) is 13.2 Å². The van der Waals surface area contributed by atoms with Gasteiger partial charge in [-0.15, -0.1) is 0 Å². The Balaban J connectivity index is 2.53. The van der Waals surface area contributed by atoms with E-state index in [0.29, 0.717) is 19.6 Å². The summed E-state index contributed by atoms with van der Waals surface area (Å²) in [6.45, 7) is 0.589. The zero-order valence-electron chi connectivity index (χ0n) is 11.4. The highest BCUT2D eigenvalue weighted by Crippen LogP contribution is 2.24. The summed E-state index contributed by atoms with van der Waals surface area (Å²) in [5.41, 5.74) is 0. The van der Waals surface area contributed by atoms with Gasteiger partial charge in [-0.3, -0.25) is 4.79 Å². The Labute approximate surface area is 133 Å². The van der Waals surface area contributed by atoms with Gasteiger partial charge >= 0.3 is 0 Å². The minimum atomic E-state index is -3.81. The summed E-state index contributed by atoms with van der Waals surface area (Å²) in [5, 5.41) is 2.95. The van der Waals surface area contributed by atoms with Crippen molar-refractivity contribution in [1.29, 1.82) is 0 Å². The summed E-state index contributed by atoms with van der Waals surface area (Å²) in [7, 11) is -2.25. The average Bonchev–Trinajstić information content (AvgIpc) is 2.44. The summed E-state index contributed by atoms with van der Waals surface area (Å²) < 4.78 is 30.9. The van der Waals surface area contributed by atoms with E-state index >= 15 is 0 Å². The van der Waals surface area contributed by atoms with Gasteiger partial charge in [0.2, 0.25) is 15.9 Å². The van der Waals surface area contributed by atoms with Crippen LogP contribution < -0.4 is 10.0 Å². The molecule has 6 nitrogen and oxygen atoms in total. The van der Waals surface area contributed by atoms with Crippen molar-refractivity contribution < 1.29 is 17.9 Å². The molecule has 118 valence electrons. The fourth-order valence-electron chi connectivity index (χ4n) is 1.39. The van der Waals surface area contributed by atoms with Crippen molar-refractivity contribution in [1.82, 2.24) is 10.0 Å². The van der Waals surface area contributed by atoms with Gasteiger partial charge in [-0.05, 0) is 24.6 Å². The van der Waals surface area contributed by atoms with Crippen molar-refractivity contribution in [3.05, 3.63) is 28.2 Å². The first-order valence-corrected chi connectivity index (χ1v) is 8.31. The molecule has 0 aliphatic rings. The molecule has 0 atom stereocenters. The van der Waals surface area contributed by atoms with Gasteiger partial charge in [0.1, 0.15) is 0 Å². The zero-order valence-corrected chi connectivity index (χ0v) is 13.7. The predicted molar refractivity (Wildman–Crippen MR) is 81.2 cm³/mol. The molecule has 0 aromatic heterocycles. The lowest BCUT2D eigenvalue weighted by Crippen LogP contribution is -2.37. The van der Waals surface area contributed by atoms with Crippen LogP contribution in [0.15, 0.2) is 23.1 Å². The number of benzene rings is 1. The van der Waals surface area contributed by atoms with Gasteiger partial charge in [0, 0.05) is 20.3 Å². The van der Waals surface area contributed by atoms with Crippen molar-refractivity contribution >= 4 is 39.1 Å². The number of nitrogens with one attached hydrogen (secondary N) is 2. The predicted octanol–water partition coefficient (Wildman–Crippen LogP) is 1.42. The molecule has 2 N–H and O–H groups in total. The van der Waals surface area contributed by atoms with Crippen LogP contribution in [0.3, 0.4) is 0 Å². The minimum absolute atomic E-state index is 0.0518. The van der Waals surface area contributed by atoms with Crippen LogP contribution in [-0.2, 0) is 19.6 Å². The molecular formula is C12H16Cl2N2O4S.